The third-order valence-electron chi connectivity index (χ3n) is 4.38. The average molecular weight is 370 g/mol. The van der Waals surface area contributed by atoms with E-state index >= 15 is 0 Å². The summed E-state index contributed by atoms with van der Waals surface area (Å²) in [6, 6.07) is 24.0. The lowest BCUT2D eigenvalue weighted by Crippen LogP contribution is -2.32. The molecule has 1 N–H and O–H groups in total. The minimum absolute atomic E-state index is 0.210. The van der Waals surface area contributed by atoms with E-state index in [9.17, 15) is 9.59 Å². The van der Waals surface area contributed by atoms with Crippen molar-refractivity contribution in [1.29, 1.82) is 0 Å². The summed E-state index contributed by atoms with van der Waals surface area (Å²) in [5.74, 6) is -0.280. The van der Waals surface area contributed by atoms with Gasteiger partial charge in [0.05, 0.1) is 17.8 Å². The number of hydrogen-bond donors (Lipinski definition) is 1. The fourth-order valence-corrected chi connectivity index (χ4v) is 2.93. The Labute approximate surface area is 161 Å². The predicted octanol–water partition coefficient (Wildman–Crippen LogP) is 2.89. The molecule has 2 aromatic carbocycles. The number of carbonyl (C=O) groups excluding carboxylic acids is 1. The van der Waals surface area contributed by atoms with Gasteiger partial charge >= 0.3 is 0 Å². The first kappa shape index (κ1) is 17.6. The minimum Gasteiger partial charge on any atom is -0.349 e. The molecule has 0 fully saturated rings. The molecule has 1 amide bonds. The van der Waals surface area contributed by atoms with Crippen molar-refractivity contribution in [2.75, 3.05) is 6.54 Å². The van der Waals surface area contributed by atoms with Crippen LogP contribution >= 0.6 is 0 Å². The third kappa shape index (κ3) is 3.81. The zero-order valence-corrected chi connectivity index (χ0v) is 15.1. The smallest absolute Gasteiger partial charge is 0.269 e. The number of benzene rings is 2. The number of para-hydroxylation sites is 1. The van der Waals surface area contributed by atoms with E-state index in [0.717, 1.165) is 16.5 Å². The summed E-state index contributed by atoms with van der Waals surface area (Å²) < 4.78 is 1.36. The van der Waals surface area contributed by atoms with Gasteiger partial charge in [0, 0.05) is 23.6 Å². The molecule has 0 saturated carbocycles. The molecule has 4 rings (SSSR count). The summed E-state index contributed by atoms with van der Waals surface area (Å²) in [4.78, 5) is 28.8. The van der Waals surface area contributed by atoms with Gasteiger partial charge in [0.1, 0.15) is 5.69 Å². The lowest BCUT2D eigenvalue weighted by atomic mass is 10.1. The molecular weight excluding hydrogens is 352 g/mol. The van der Waals surface area contributed by atoms with Crippen molar-refractivity contribution in [2.24, 2.45) is 0 Å². The van der Waals surface area contributed by atoms with Crippen molar-refractivity contribution in [3.8, 4) is 11.3 Å². The van der Waals surface area contributed by atoms with Crippen LogP contribution < -0.4 is 10.9 Å². The highest BCUT2D eigenvalue weighted by Crippen LogP contribution is 2.14. The molecule has 0 bridgehead atoms. The van der Waals surface area contributed by atoms with Crippen LogP contribution in [0.25, 0.3) is 22.2 Å². The molecule has 0 aliphatic carbocycles. The Morgan fingerprint density at radius 1 is 0.893 bits per heavy atom. The summed E-state index contributed by atoms with van der Waals surface area (Å²) in [5, 5.41) is 8.17. The number of nitrogens with one attached hydrogen (secondary N) is 1. The summed E-state index contributed by atoms with van der Waals surface area (Å²) in [5.41, 5.74) is 2.54. The molecule has 138 valence electrons. The Kier molecular flexibility index (Phi) is 4.93. The highest BCUT2D eigenvalue weighted by molar-refractivity contribution is 5.94. The van der Waals surface area contributed by atoms with E-state index in [1.807, 2.05) is 60.7 Å². The van der Waals surface area contributed by atoms with E-state index < -0.39 is 0 Å². The van der Waals surface area contributed by atoms with Crippen LogP contribution in [0.1, 0.15) is 10.5 Å². The van der Waals surface area contributed by atoms with Crippen LogP contribution in [-0.2, 0) is 6.54 Å². The van der Waals surface area contributed by atoms with Crippen LogP contribution in [0.5, 0.6) is 0 Å². The summed E-state index contributed by atoms with van der Waals surface area (Å²) in [6.45, 7) is 0.553. The molecule has 4 aromatic rings. The zero-order chi connectivity index (χ0) is 19.3. The van der Waals surface area contributed by atoms with Gasteiger partial charge in [0.2, 0.25) is 0 Å². The van der Waals surface area contributed by atoms with Crippen LogP contribution in [0.4, 0.5) is 0 Å². The van der Waals surface area contributed by atoms with Crippen LogP contribution in [0, 0.1) is 0 Å². The van der Waals surface area contributed by atoms with E-state index in [1.165, 1.54) is 10.7 Å². The molecule has 28 heavy (non-hydrogen) atoms. The molecule has 0 aliphatic rings. The fourth-order valence-electron chi connectivity index (χ4n) is 2.93. The number of amides is 1. The highest BCUT2D eigenvalue weighted by Gasteiger charge is 2.08. The van der Waals surface area contributed by atoms with Crippen molar-refractivity contribution in [2.45, 2.75) is 6.54 Å². The van der Waals surface area contributed by atoms with Crippen LogP contribution in [0.3, 0.4) is 0 Å². The van der Waals surface area contributed by atoms with E-state index in [2.05, 4.69) is 15.4 Å². The summed E-state index contributed by atoms with van der Waals surface area (Å²) >= 11 is 0. The van der Waals surface area contributed by atoms with Gasteiger partial charge in [0.25, 0.3) is 11.5 Å². The highest BCUT2D eigenvalue weighted by atomic mass is 16.2. The summed E-state index contributed by atoms with van der Waals surface area (Å²) in [6.07, 6.45) is 0. The first-order chi connectivity index (χ1) is 13.7. The second kappa shape index (κ2) is 7.84. The number of rotatable bonds is 5. The van der Waals surface area contributed by atoms with E-state index in [-0.39, 0.29) is 24.6 Å². The third-order valence-corrected chi connectivity index (χ3v) is 4.38. The summed E-state index contributed by atoms with van der Waals surface area (Å²) in [7, 11) is 0. The molecule has 2 aromatic heterocycles. The zero-order valence-electron chi connectivity index (χ0n) is 15.1. The van der Waals surface area contributed by atoms with Crippen molar-refractivity contribution >= 4 is 16.8 Å². The molecule has 6 nitrogen and oxygen atoms in total. The Bertz CT molecular complexity index is 1190. The van der Waals surface area contributed by atoms with Gasteiger partial charge in [-0.1, -0.05) is 54.6 Å². The number of hydrogen-bond acceptors (Lipinski definition) is 4. The monoisotopic (exact) mass is 370 g/mol. The quantitative estimate of drug-likeness (QED) is 0.586. The number of pyridine rings is 1. The van der Waals surface area contributed by atoms with E-state index in [1.54, 1.807) is 12.1 Å². The largest absolute Gasteiger partial charge is 0.349 e. The van der Waals surface area contributed by atoms with Crippen LogP contribution in [0.2, 0.25) is 0 Å². The topological polar surface area (TPSA) is 76.9 Å². The molecule has 0 spiro atoms. The normalized spacial score (nSPS) is 10.7. The van der Waals surface area contributed by atoms with Gasteiger partial charge in [-0.25, -0.2) is 9.67 Å². The molecule has 0 aliphatic heterocycles. The predicted molar refractivity (Wildman–Crippen MR) is 108 cm³/mol. The lowest BCUT2D eigenvalue weighted by Gasteiger charge is -2.09. The van der Waals surface area contributed by atoms with E-state index in [0.29, 0.717) is 11.4 Å². The minimum atomic E-state index is -0.280. The van der Waals surface area contributed by atoms with Crippen molar-refractivity contribution < 1.29 is 4.79 Å². The first-order valence-electron chi connectivity index (χ1n) is 8.98. The Morgan fingerprint density at radius 3 is 2.54 bits per heavy atom. The van der Waals surface area contributed by atoms with Gasteiger partial charge in [-0.3, -0.25) is 9.59 Å². The standard InChI is InChI=1S/C22H18N4O2/c27-21-13-12-19(16-6-2-1-3-7-16)25-26(21)15-14-23-22(28)20-11-10-17-8-4-5-9-18(17)24-20/h1-13H,14-15H2,(H,23,28). The van der Waals surface area contributed by atoms with Crippen molar-refractivity contribution in [3.63, 3.8) is 0 Å². The molecular formula is C22H18N4O2. The number of carbonyl (C=O) groups is 1. The van der Waals surface area contributed by atoms with Gasteiger partial charge in [-0.15, -0.1) is 0 Å². The van der Waals surface area contributed by atoms with Gasteiger partial charge < -0.3 is 5.32 Å². The molecule has 0 atom stereocenters. The van der Waals surface area contributed by atoms with Crippen molar-refractivity contribution in [3.05, 3.63) is 94.9 Å². The van der Waals surface area contributed by atoms with Gasteiger partial charge in [0.15, 0.2) is 0 Å². The average Bonchev–Trinajstić information content (AvgIpc) is 2.75. The molecule has 0 unspecified atom stereocenters. The second-order valence-electron chi connectivity index (χ2n) is 6.29. The Morgan fingerprint density at radius 2 is 1.68 bits per heavy atom. The number of nitrogens with zero attached hydrogens (tertiary/aromatic N) is 3. The van der Waals surface area contributed by atoms with E-state index in [4.69, 9.17) is 0 Å². The Hall–Kier alpha value is -3.80. The maximum Gasteiger partial charge on any atom is 0.269 e. The molecule has 0 saturated heterocycles. The maximum atomic E-state index is 12.4. The van der Waals surface area contributed by atoms with Crippen molar-refractivity contribution in [1.82, 2.24) is 20.1 Å². The number of fused-ring (bicyclic) bond motifs is 1. The first-order valence-corrected chi connectivity index (χ1v) is 8.98. The van der Waals surface area contributed by atoms with Crippen LogP contribution in [-0.4, -0.2) is 27.2 Å². The molecule has 2 heterocycles. The van der Waals surface area contributed by atoms with Gasteiger partial charge in [-0.05, 0) is 18.2 Å². The Balaban J connectivity index is 1.44. The molecule has 0 radical (unpaired) electrons. The molecule has 6 heteroatoms. The fraction of sp³-hybridized carbons (Fsp3) is 0.0909. The SMILES string of the molecule is O=C(NCCn1nc(-c2ccccc2)ccc1=O)c1ccc2ccccc2n1. The lowest BCUT2D eigenvalue weighted by molar-refractivity contribution is 0.0947. The van der Waals surface area contributed by atoms with Gasteiger partial charge in [-0.2, -0.15) is 5.10 Å². The van der Waals surface area contributed by atoms with Crippen LogP contribution in [0.15, 0.2) is 83.7 Å². The number of aromatic nitrogens is 3. The second-order valence-corrected chi connectivity index (χ2v) is 6.29. The maximum absolute atomic E-state index is 12.4.